The fourth-order valence-corrected chi connectivity index (χ4v) is 2.58. The summed E-state index contributed by atoms with van der Waals surface area (Å²) in [4.78, 5) is 26.6. The second kappa shape index (κ2) is 7.12. The van der Waals surface area contributed by atoms with Crippen LogP contribution in [-0.4, -0.2) is 29.0 Å². The van der Waals surface area contributed by atoms with Gasteiger partial charge >= 0.3 is 0 Å². The number of carbonyl (C=O) groups is 2. The molecule has 0 fully saturated rings. The van der Waals surface area contributed by atoms with E-state index < -0.39 is 0 Å². The van der Waals surface area contributed by atoms with E-state index in [2.05, 4.69) is 5.10 Å². The van der Waals surface area contributed by atoms with Crippen molar-refractivity contribution in [2.75, 3.05) is 11.6 Å². The van der Waals surface area contributed by atoms with Gasteiger partial charge < -0.3 is 9.32 Å². The lowest BCUT2D eigenvalue weighted by atomic mass is 10.1. The molecule has 0 spiro atoms. The fourth-order valence-electron chi connectivity index (χ4n) is 2.58. The average molecular weight is 325 g/mol. The van der Waals surface area contributed by atoms with Crippen LogP contribution in [0.2, 0.25) is 0 Å². The fraction of sp³-hybridized carbons (Fsp3) is 0.278. The highest BCUT2D eigenvalue weighted by atomic mass is 16.3. The van der Waals surface area contributed by atoms with Gasteiger partial charge in [0.2, 0.25) is 5.91 Å². The Morgan fingerprint density at radius 2 is 2.00 bits per heavy atom. The van der Waals surface area contributed by atoms with Crippen LogP contribution in [0.25, 0.3) is 0 Å². The molecule has 24 heavy (non-hydrogen) atoms. The number of amides is 2. The zero-order valence-corrected chi connectivity index (χ0v) is 13.5. The molecule has 6 heteroatoms. The number of hydrogen-bond acceptors (Lipinski definition) is 4. The minimum atomic E-state index is -0.165. The van der Waals surface area contributed by atoms with Gasteiger partial charge in [-0.3, -0.25) is 9.59 Å². The molecule has 0 saturated carbocycles. The van der Waals surface area contributed by atoms with Gasteiger partial charge in [0, 0.05) is 19.4 Å². The van der Waals surface area contributed by atoms with Gasteiger partial charge in [-0.1, -0.05) is 18.2 Å². The van der Waals surface area contributed by atoms with E-state index in [-0.39, 0.29) is 18.2 Å². The molecule has 2 aromatic rings. The molecule has 6 nitrogen and oxygen atoms in total. The molecule has 2 heterocycles. The van der Waals surface area contributed by atoms with Crippen molar-refractivity contribution in [3.8, 4) is 0 Å². The predicted octanol–water partition coefficient (Wildman–Crippen LogP) is 2.81. The Morgan fingerprint density at radius 3 is 2.67 bits per heavy atom. The normalized spacial score (nSPS) is 14.5. The van der Waals surface area contributed by atoms with Gasteiger partial charge in [0.25, 0.3) is 5.91 Å². The molecule has 2 amide bonds. The Labute approximate surface area is 140 Å². The number of hydrogen-bond donors (Lipinski definition) is 0. The number of para-hydroxylation sites is 1. The molecule has 3 rings (SSSR count). The van der Waals surface area contributed by atoms with Gasteiger partial charge in [-0.15, -0.1) is 0 Å². The molecule has 1 aliphatic heterocycles. The molecule has 124 valence electrons. The van der Waals surface area contributed by atoms with Crippen molar-refractivity contribution in [1.82, 2.24) is 4.90 Å². The molecule has 1 aromatic carbocycles. The highest BCUT2D eigenvalue weighted by Gasteiger charge is 2.28. The maximum atomic E-state index is 12.8. The first-order chi connectivity index (χ1) is 11.7. The quantitative estimate of drug-likeness (QED) is 0.849. The van der Waals surface area contributed by atoms with Gasteiger partial charge in [-0.25, -0.2) is 5.01 Å². The number of hydrazone groups is 1. The molecule has 0 atom stereocenters. The van der Waals surface area contributed by atoms with Crippen LogP contribution >= 0.6 is 0 Å². The van der Waals surface area contributed by atoms with E-state index in [9.17, 15) is 9.59 Å². The number of carbonyl (C=O) groups excluding carboxylic acids is 2. The van der Waals surface area contributed by atoms with E-state index in [1.54, 1.807) is 29.4 Å². The zero-order valence-electron chi connectivity index (χ0n) is 13.5. The molecule has 0 radical (unpaired) electrons. The Bertz CT molecular complexity index is 738. The number of rotatable bonds is 5. The third-order valence-electron chi connectivity index (χ3n) is 3.88. The second-order valence-corrected chi connectivity index (χ2v) is 5.49. The summed E-state index contributed by atoms with van der Waals surface area (Å²) in [6.45, 7) is 2.84. The van der Waals surface area contributed by atoms with Gasteiger partial charge in [0.15, 0.2) is 0 Å². The first kappa shape index (κ1) is 16.0. The van der Waals surface area contributed by atoms with Crippen molar-refractivity contribution in [3.05, 3.63) is 54.5 Å². The molecule has 0 bridgehead atoms. The van der Waals surface area contributed by atoms with Crippen LogP contribution < -0.4 is 5.01 Å². The van der Waals surface area contributed by atoms with Gasteiger partial charge in [0.05, 0.1) is 18.5 Å². The molecule has 0 unspecified atom stereocenters. The first-order valence-electron chi connectivity index (χ1n) is 7.96. The van der Waals surface area contributed by atoms with Crippen LogP contribution in [0.4, 0.5) is 5.69 Å². The Kier molecular flexibility index (Phi) is 4.74. The van der Waals surface area contributed by atoms with Crippen molar-refractivity contribution >= 4 is 23.2 Å². The maximum absolute atomic E-state index is 12.8. The van der Waals surface area contributed by atoms with E-state index in [1.165, 1.54) is 5.01 Å². The molecular formula is C18H19N3O3. The van der Waals surface area contributed by atoms with Crippen LogP contribution in [0, 0.1) is 0 Å². The molecule has 0 aliphatic carbocycles. The highest BCUT2D eigenvalue weighted by Crippen LogP contribution is 2.20. The molecule has 0 saturated heterocycles. The number of anilines is 1. The Balaban J connectivity index is 1.81. The Hall–Kier alpha value is -2.89. The van der Waals surface area contributed by atoms with Crippen molar-refractivity contribution in [3.63, 3.8) is 0 Å². The summed E-state index contributed by atoms with van der Waals surface area (Å²) in [5.74, 6) is 0.451. The number of benzene rings is 1. The number of furan rings is 1. The molecular weight excluding hydrogens is 306 g/mol. The minimum Gasteiger partial charge on any atom is -0.467 e. The summed E-state index contributed by atoms with van der Waals surface area (Å²) in [6, 6.07) is 12.8. The lowest BCUT2D eigenvalue weighted by Crippen LogP contribution is -2.41. The van der Waals surface area contributed by atoms with Crippen LogP contribution in [0.1, 0.15) is 25.5 Å². The lowest BCUT2D eigenvalue weighted by Gasteiger charge is -2.26. The van der Waals surface area contributed by atoms with Crippen LogP contribution in [-0.2, 0) is 16.1 Å². The van der Waals surface area contributed by atoms with E-state index >= 15 is 0 Å². The zero-order chi connectivity index (χ0) is 16.9. The predicted molar refractivity (Wildman–Crippen MR) is 90.4 cm³/mol. The average Bonchev–Trinajstić information content (AvgIpc) is 3.13. The van der Waals surface area contributed by atoms with Crippen LogP contribution in [0.3, 0.4) is 0 Å². The molecule has 0 N–H and O–H groups in total. The van der Waals surface area contributed by atoms with E-state index in [1.807, 2.05) is 31.2 Å². The summed E-state index contributed by atoms with van der Waals surface area (Å²) < 4.78 is 5.31. The van der Waals surface area contributed by atoms with Gasteiger partial charge in [-0.05, 0) is 31.2 Å². The summed E-state index contributed by atoms with van der Waals surface area (Å²) >= 11 is 0. The summed E-state index contributed by atoms with van der Waals surface area (Å²) in [6.07, 6.45) is 2.22. The summed E-state index contributed by atoms with van der Waals surface area (Å²) in [5.41, 5.74) is 1.06. The summed E-state index contributed by atoms with van der Waals surface area (Å²) in [5, 5.41) is 5.63. The SMILES string of the molecule is CCN(Cc1ccco1)C(=O)C1=NN(c2ccccc2)C(=O)CC1. The van der Waals surface area contributed by atoms with Crippen molar-refractivity contribution in [2.45, 2.75) is 26.3 Å². The van der Waals surface area contributed by atoms with E-state index in [0.717, 1.165) is 5.76 Å². The second-order valence-electron chi connectivity index (χ2n) is 5.49. The Morgan fingerprint density at radius 1 is 1.21 bits per heavy atom. The van der Waals surface area contributed by atoms with Gasteiger partial charge in [-0.2, -0.15) is 5.10 Å². The number of nitrogens with zero attached hydrogens (tertiary/aromatic N) is 3. The topological polar surface area (TPSA) is 66.1 Å². The maximum Gasteiger partial charge on any atom is 0.270 e. The monoisotopic (exact) mass is 325 g/mol. The van der Waals surface area contributed by atoms with E-state index in [4.69, 9.17) is 4.42 Å². The van der Waals surface area contributed by atoms with Gasteiger partial charge in [0.1, 0.15) is 11.5 Å². The summed E-state index contributed by atoms with van der Waals surface area (Å²) in [7, 11) is 0. The van der Waals surface area contributed by atoms with Crippen molar-refractivity contribution in [1.29, 1.82) is 0 Å². The highest BCUT2D eigenvalue weighted by molar-refractivity contribution is 6.40. The standard InChI is InChI=1S/C18H19N3O3/c1-2-20(13-15-9-6-12-24-15)18(23)16-10-11-17(22)21(19-16)14-7-4-3-5-8-14/h3-9,12H,2,10-11,13H2,1H3. The third kappa shape index (κ3) is 3.37. The molecule has 1 aliphatic rings. The van der Waals surface area contributed by atoms with Crippen LogP contribution in [0.15, 0.2) is 58.2 Å². The third-order valence-corrected chi connectivity index (χ3v) is 3.88. The van der Waals surface area contributed by atoms with Crippen LogP contribution in [0.5, 0.6) is 0 Å². The molecule has 1 aromatic heterocycles. The first-order valence-corrected chi connectivity index (χ1v) is 7.96. The van der Waals surface area contributed by atoms with Crippen molar-refractivity contribution < 1.29 is 14.0 Å². The minimum absolute atomic E-state index is 0.105. The van der Waals surface area contributed by atoms with Crippen molar-refractivity contribution in [2.24, 2.45) is 5.10 Å². The largest absolute Gasteiger partial charge is 0.467 e. The lowest BCUT2D eigenvalue weighted by molar-refractivity contribution is -0.125. The smallest absolute Gasteiger partial charge is 0.270 e. The van der Waals surface area contributed by atoms with E-state index in [0.29, 0.717) is 30.9 Å².